The fourth-order valence-corrected chi connectivity index (χ4v) is 3.13. The van der Waals surface area contributed by atoms with E-state index in [1.54, 1.807) is 7.11 Å². The van der Waals surface area contributed by atoms with Crippen LogP contribution in [0.3, 0.4) is 0 Å². The van der Waals surface area contributed by atoms with Crippen molar-refractivity contribution < 1.29 is 4.74 Å². The van der Waals surface area contributed by atoms with Crippen LogP contribution in [-0.2, 0) is 0 Å². The molecule has 1 saturated heterocycles. The SMILES string of the molecule is COc1cc(C)nc(N2CCC(CN)(SC)CC2)n1. The molecule has 6 heteroatoms. The predicted octanol–water partition coefficient (Wildman–Crippen LogP) is 1.45. The number of nitrogens with zero attached hydrogens (tertiary/aromatic N) is 3. The largest absolute Gasteiger partial charge is 0.481 e. The Balaban J connectivity index is 2.11. The second kappa shape index (κ2) is 5.96. The quantitative estimate of drug-likeness (QED) is 0.902. The molecule has 0 spiro atoms. The molecular weight excluding hydrogens is 260 g/mol. The molecule has 19 heavy (non-hydrogen) atoms. The minimum Gasteiger partial charge on any atom is -0.481 e. The topological polar surface area (TPSA) is 64.3 Å². The molecule has 5 nitrogen and oxygen atoms in total. The van der Waals surface area contributed by atoms with Crippen LogP contribution in [0.15, 0.2) is 6.07 Å². The summed E-state index contributed by atoms with van der Waals surface area (Å²) in [6.07, 6.45) is 4.29. The summed E-state index contributed by atoms with van der Waals surface area (Å²) in [6, 6.07) is 1.85. The normalized spacial score (nSPS) is 18.4. The number of hydrogen-bond acceptors (Lipinski definition) is 6. The number of piperidine rings is 1. The van der Waals surface area contributed by atoms with Crippen molar-refractivity contribution in [2.45, 2.75) is 24.5 Å². The highest BCUT2D eigenvalue weighted by Crippen LogP contribution is 2.34. The Bertz CT molecular complexity index is 427. The molecule has 2 heterocycles. The number of thioether (sulfide) groups is 1. The Morgan fingerprint density at radius 1 is 1.42 bits per heavy atom. The van der Waals surface area contributed by atoms with Gasteiger partial charge in [0.25, 0.3) is 0 Å². The van der Waals surface area contributed by atoms with Crippen LogP contribution in [0, 0.1) is 6.92 Å². The monoisotopic (exact) mass is 282 g/mol. The predicted molar refractivity (Wildman–Crippen MR) is 80.1 cm³/mol. The third kappa shape index (κ3) is 3.12. The molecule has 1 aromatic rings. The van der Waals surface area contributed by atoms with Crippen LogP contribution in [0.1, 0.15) is 18.5 Å². The Hall–Kier alpha value is -1.01. The summed E-state index contributed by atoms with van der Waals surface area (Å²) < 4.78 is 5.43. The smallest absolute Gasteiger partial charge is 0.228 e. The number of rotatable bonds is 4. The lowest BCUT2D eigenvalue weighted by molar-refractivity contribution is 0.394. The fourth-order valence-electron chi connectivity index (χ4n) is 2.38. The molecule has 0 unspecified atom stereocenters. The second-order valence-electron chi connectivity index (χ2n) is 4.93. The van der Waals surface area contributed by atoms with Crippen molar-refractivity contribution in [2.24, 2.45) is 5.73 Å². The number of anilines is 1. The minimum absolute atomic E-state index is 0.227. The third-order valence-electron chi connectivity index (χ3n) is 3.79. The van der Waals surface area contributed by atoms with Gasteiger partial charge in [0.1, 0.15) is 0 Å². The van der Waals surface area contributed by atoms with E-state index >= 15 is 0 Å². The zero-order valence-corrected chi connectivity index (χ0v) is 12.7. The van der Waals surface area contributed by atoms with E-state index in [2.05, 4.69) is 21.1 Å². The third-order valence-corrected chi connectivity index (χ3v) is 5.23. The zero-order valence-electron chi connectivity index (χ0n) is 11.8. The van der Waals surface area contributed by atoms with E-state index in [0.717, 1.165) is 44.1 Å². The lowest BCUT2D eigenvalue weighted by Crippen LogP contribution is -2.47. The number of methoxy groups -OCH3 is 1. The van der Waals surface area contributed by atoms with Gasteiger partial charge >= 0.3 is 0 Å². The second-order valence-corrected chi connectivity index (χ2v) is 6.20. The van der Waals surface area contributed by atoms with E-state index in [1.165, 1.54) is 0 Å². The molecule has 106 valence electrons. The van der Waals surface area contributed by atoms with Gasteiger partial charge in [-0.1, -0.05) is 0 Å². The van der Waals surface area contributed by atoms with Gasteiger partial charge in [-0.05, 0) is 26.0 Å². The zero-order chi connectivity index (χ0) is 13.9. The number of aromatic nitrogens is 2. The summed E-state index contributed by atoms with van der Waals surface area (Å²) in [5, 5.41) is 0. The highest BCUT2D eigenvalue weighted by atomic mass is 32.2. The number of ether oxygens (including phenoxy) is 1. The minimum atomic E-state index is 0.227. The van der Waals surface area contributed by atoms with Gasteiger partial charge in [0.05, 0.1) is 7.11 Å². The summed E-state index contributed by atoms with van der Waals surface area (Å²) in [5.41, 5.74) is 6.84. The Morgan fingerprint density at radius 3 is 2.63 bits per heavy atom. The van der Waals surface area contributed by atoms with Crippen molar-refractivity contribution in [1.29, 1.82) is 0 Å². The molecule has 1 aliphatic heterocycles. The van der Waals surface area contributed by atoms with Crippen molar-refractivity contribution in [2.75, 3.05) is 37.9 Å². The maximum Gasteiger partial charge on any atom is 0.228 e. The standard InChI is InChI=1S/C13H22N4OS/c1-10-8-11(18-2)16-12(15-10)17-6-4-13(9-14,19-3)5-7-17/h8H,4-7,9,14H2,1-3H3. The lowest BCUT2D eigenvalue weighted by atomic mass is 9.96. The van der Waals surface area contributed by atoms with Gasteiger partial charge in [-0.15, -0.1) is 0 Å². The first-order chi connectivity index (χ1) is 9.12. The molecule has 1 aromatic heterocycles. The molecule has 2 rings (SSSR count). The highest BCUT2D eigenvalue weighted by molar-refractivity contribution is 8.00. The van der Waals surface area contributed by atoms with E-state index in [1.807, 2.05) is 24.8 Å². The molecule has 0 aromatic carbocycles. The molecular formula is C13H22N4OS. The van der Waals surface area contributed by atoms with Crippen LogP contribution in [0.2, 0.25) is 0 Å². The molecule has 0 atom stereocenters. The van der Waals surface area contributed by atoms with Crippen molar-refractivity contribution in [3.05, 3.63) is 11.8 Å². The van der Waals surface area contributed by atoms with Gasteiger partial charge in [-0.25, -0.2) is 4.98 Å². The first-order valence-electron chi connectivity index (χ1n) is 6.52. The molecule has 0 radical (unpaired) electrons. The van der Waals surface area contributed by atoms with Crippen LogP contribution in [-0.4, -0.2) is 47.7 Å². The van der Waals surface area contributed by atoms with Crippen molar-refractivity contribution in [3.63, 3.8) is 0 Å². The van der Waals surface area contributed by atoms with Crippen LogP contribution in [0.4, 0.5) is 5.95 Å². The highest BCUT2D eigenvalue weighted by Gasteiger charge is 2.33. The maximum atomic E-state index is 5.91. The Kier molecular flexibility index (Phi) is 4.52. The van der Waals surface area contributed by atoms with E-state index in [0.29, 0.717) is 5.88 Å². The van der Waals surface area contributed by atoms with Crippen molar-refractivity contribution in [1.82, 2.24) is 9.97 Å². The molecule has 0 bridgehead atoms. The molecule has 0 aliphatic carbocycles. The average molecular weight is 282 g/mol. The van der Waals surface area contributed by atoms with E-state index in [4.69, 9.17) is 10.5 Å². The van der Waals surface area contributed by atoms with E-state index < -0.39 is 0 Å². The lowest BCUT2D eigenvalue weighted by Gasteiger charge is -2.40. The molecule has 0 amide bonds. The van der Waals surface area contributed by atoms with Crippen LogP contribution in [0.5, 0.6) is 5.88 Å². The first-order valence-corrected chi connectivity index (χ1v) is 7.75. The number of aryl methyl sites for hydroxylation is 1. The van der Waals surface area contributed by atoms with Crippen molar-refractivity contribution >= 4 is 17.7 Å². The van der Waals surface area contributed by atoms with Gasteiger partial charge < -0.3 is 15.4 Å². The summed E-state index contributed by atoms with van der Waals surface area (Å²) in [6.45, 7) is 4.60. The first kappa shape index (κ1) is 14.4. The van der Waals surface area contributed by atoms with Gasteiger partial charge in [-0.2, -0.15) is 16.7 Å². The maximum absolute atomic E-state index is 5.91. The molecule has 1 fully saturated rings. The number of nitrogens with two attached hydrogens (primary N) is 1. The van der Waals surface area contributed by atoms with Gasteiger partial charge in [-0.3, -0.25) is 0 Å². The van der Waals surface area contributed by atoms with Crippen LogP contribution >= 0.6 is 11.8 Å². The van der Waals surface area contributed by atoms with Crippen molar-refractivity contribution in [3.8, 4) is 5.88 Å². The van der Waals surface area contributed by atoms with Gasteiger partial charge in [0.15, 0.2) is 0 Å². The Morgan fingerprint density at radius 2 is 2.11 bits per heavy atom. The summed E-state index contributed by atoms with van der Waals surface area (Å²) in [5.74, 6) is 1.40. The van der Waals surface area contributed by atoms with E-state index in [9.17, 15) is 0 Å². The molecule has 2 N–H and O–H groups in total. The fraction of sp³-hybridized carbons (Fsp3) is 0.692. The Labute approximate surface area is 118 Å². The van der Waals surface area contributed by atoms with Gasteiger partial charge in [0, 0.05) is 36.1 Å². The van der Waals surface area contributed by atoms with Crippen LogP contribution < -0.4 is 15.4 Å². The van der Waals surface area contributed by atoms with Crippen LogP contribution in [0.25, 0.3) is 0 Å². The summed E-state index contributed by atoms with van der Waals surface area (Å²) in [4.78, 5) is 11.2. The van der Waals surface area contributed by atoms with E-state index in [-0.39, 0.29) is 4.75 Å². The average Bonchev–Trinajstić information content (AvgIpc) is 2.46. The molecule has 0 saturated carbocycles. The summed E-state index contributed by atoms with van der Waals surface area (Å²) >= 11 is 1.88. The molecule has 1 aliphatic rings. The summed E-state index contributed by atoms with van der Waals surface area (Å²) in [7, 11) is 1.63. The van der Waals surface area contributed by atoms with Gasteiger partial charge in [0.2, 0.25) is 11.8 Å². The number of hydrogen-bond donors (Lipinski definition) is 1.